The van der Waals surface area contributed by atoms with E-state index in [2.05, 4.69) is 22.2 Å². The molecular weight excluding hydrogens is 328 g/mol. The molecule has 0 radical (unpaired) electrons. The van der Waals surface area contributed by atoms with Gasteiger partial charge in [0.1, 0.15) is 0 Å². The van der Waals surface area contributed by atoms with Gasteiger partial charge in [-0.2, -0.15) is 0 Å². The maximum Gasteiger partial charge on any atom is 0.322 e. The van der Waals surface area contributed by atoms with Gasteiger partial charge in [0.05, 0.1) is 25.2 Å². The molecule has 2 unspecified atom stereocenters. The van der Waals surface area contributed by atoms with E-state index in [1.54, 1.807) is 19.5 Å². The van der Waals surface area contributed by atoms with Crippen molar-refractivity contribution in [1.82, 2.24) is 14.9 Å². The van der Waals surface area contributed by atoms with Gasteiger partial charge in [-0.1, -0.05) is 13.0 Å². The van der Waals surface area contributed by atoms with Crippen molar-refractivity contribution in [3.63, 3.8) is 0 Å². The Bertz CT molecular complexity index is 826. The van der Waals surface area contributed by atoms with Crippen LogP contribution in [0.15, 0.2) is 30.6 Å². The second-order valence-corrected chi connectivity index (χ2v) is 7.43. The highest BCUT2D eigenvalue weighted by Crippen LogP contribution is 2.41. The second kappa shape index (κ2) is 6.59. The van der Waals surface area contributed by atoms with Crippen molar-refractivity contribution < 1.29 is 9.53 Å². The van der Waals surface area contributed by atoms with Crippen molar-refractivity contribution in [2.24, 2.45) is 5.92 Å². The molecule has 2 saturated heterocycles. The first-order chi connectivity index (χ1) is 12.5. The number of amides is 2. The fraction of sp³-hybridized carbons (Fsp3) is 0.450. The van der Waals surface area contributed by atoms with Crippen molar-refractivity contribution in [2.45, 2.75) is 45.2 Å². The SMILES string of the molecule is COc1cncc(-c2cc(NC(=O)N3C4CC(C)CC3C4)ccc2C)n1. The van der Waals surface area contributed by atoms with Crippen molar-refractivity contribution in [3.05, 3.63) is 36.2 Å². The first kappa shape index (κ1) is 16.8. The number of urea groups is 1. The minimum absolute atomic E-state index is 0.00433. The number of hydrogen-bond donors (Lipinski definition) is 1. The molecule has 2 bridgehead atoms. The van der Waals surface area contributed by atoms with E-state index in [9.17, 15) is 4.79 Å². The third-order valence-corrected chi connectivity index (χ3v) is 5.50. The quantitative estimate of drug-likeness (QED) is 0.911. The summed E-state index contributed by atoms with van der Waals surface area (Å²) in [4.78, 5) is 23.4. The van der Waals surface area contributed by atoms with E-state index in [-0.39, 0.29) is 6.03 Å². The lowest BCUT2D eigenvalue weighted by Crippen LogP contribution is -2.63. The van der Waals surface area contributed by atoms with Crippen LogP contribution in [0, 0.1) is 12.8 Å². The van der Waals surface area contributed by atoms with E-state index in [4.69, 9.17) is 4.74 Å². The predicted molar refractivity (Wildman–Crippen MR) is 100 cm³/mol. The molecule has 1 aromatic carbocycles. The van der Waals surface area contributed by atoms with Gasteiger partial charge in [0.15, 0.2) is 0 Å². The molecule has 3 heterocycles. The molecule has 6 heteroatoms. The number of anilines is 1. The lowest BCUT2D eigenvalue weighted by atomic mass is 9.74. The molecule has 2 aromatic rings. The predicted octanol–water partition coefficient (Wildman–Crippen LogP) is 3.87. The Morgan fingerprint density at radius 2 is 2.00 bits per heavy atom. The second-order valence-electron chi connectivity index (χ2n) is 7.43. The van der Waals surface area contributed by atoms with Gasteiger partial charge in [-0.3, -0.25) is 4.98 Å². The number of carbonyl (C=O) groups excluding carboxylic acids is 1. The van der Waals surface area contributed by atoms with E-state index >= 15 is 0 Å². The smallest absolute Gasteiger partial charge is 0.322 e. The number of aryl methyl sites for hydroxylation is 1. The van der Waals surface area contributed by atoms with Gasteiger partial charge < -0.3 is 15.0 Å². The van der Waals surface area contributed by atoms with Crippen LogP contribution in [0.5, 0.6) is 5.88 Å². The zero-order valence-corrected chi connectivity index (χ0v) is 15.4. The van der Waals surface area contributed by atoms with E-state index in [1.807, 2.05) is 30.0 Å². The van der Waals surface area contributed by atoms with Crippen LogP contribution in [0.4, 0.5) is 10.5 Å². The molecule has 0 saturated carbocycles. The number of aromatic nitrogens is 2. The summed E-state index contributed by atoms with van der Waals surface area (Å²) in [5, 5.41) is 3.06. The highest BCUT2D eigenvalue weighted by atomic mass is 16.5. The lowest BCUT2D eigenvalue weighted by Gasteiger charge is -2.54. The van der Waals surface area contributed by atoms with E-state index in [0.29, 0.717) is 18.0 Å². The largest absolute Gasteiger partial charge is 0.480 e. The average Bonchev–Trinajstić information content (AvgIpc) is 2.63. The molecule has 6 nitrogen and oxygen atoms in total. The zero-order chi connectivity index (χ0) is 18.3. The Kier molecular flexibility index (Phi) is 4.26. The molecule has 2 fully saturated rings. The first-order valence-corrected chi connectivity index (χ1v) is 9.11. The van der Waals surface area contributed by atoms with Gasteiger partial charge >= 0.3 is 6.03 Å². The van der Waals surface area contributed by atoms with Gasteiger partial charge in [-0.05, 0) is 49.8 Å². The molecule has 4 rings (SSSR count). The lowest BCUT2D eigenvalue weighted by molar-refractivity contribution is -0.00600. The van der Waals surface area contributed by atoms with Crippen molar-refractivity contribution in [1.29, 1.82) is 0 Å². The standard InChI is InChI=1S/C20H24N4O2/c1-12-6-15-9-16(7-12)24(15)20(25)22-14-5-4-13(2)17(8-14)18-10-21-11-19(23-18)26-3/h4-5,8,10-12,15-16H,6-7,9H2,1-3H3,(H,22,25). The fourth-order valence-electron chi connectivity index (χ4n) is 4.22. The van der Waals surface area contributed by atoms with Crippen molar-refractivity contribution in [3.8, 4) is 17.1 Å². The number of hydrogen-bond acceptors (Lipinski definition) is 4. The molecule has 2 atom stereocenters. The Hall–Kier alpha value is -2.63. The number of rotatable bonds is 3. The topological polar surface area (TPSA) is 67.3 Å². The number of ether oxygens (including phenoxy) is 1. The maximum atomic E-state index is 12.7. The van der Waals surface area contributed by atoms with Gasteiger partial charge in [0.25, 0.3) is 0 Å². The number of piperidine rings is 1. The Labute approximate surface area is 153 Å². The van der Waals surface area contributed by atoms with Gasteiger partial charge in [-0.25, -0.2) is 9.78 Å². The van der Waals surface area contributed by atoms with Gasteiger partial charge in [0.2, 0.25) is 5.88 Å². The van der Waals surface area contributed by atoms with Crippen molar-refractivity contribution in [2.75, 3.05) is 12.4 Å². The third kappa shape index (κ3) is 3.00. The number of carbonyl (C=O) groups is 1. The summed E-state index contributed by atoms with van der Waals surface area (Å²) < 4.78 is 5.17. The monoisotopic (exact) mass is 352 g/mol. The van der Waals surface area contributed by atoms with E-state index in [1.165, 1.54) is 0 Å². The van der Waals surface area contributed by atoms with Crippen LogP contribution in [0.25, 0.3) is 11.3 Å². The molecule has 136 valence electrons. The molecule has 2 aliphatic heterocycles. The molecule has 1 N–H and O–H groups in total. The molecule has 0 spiro atoms. The third-order valence-electron chi connectivity index (χ3n) is 5.50. The van der Waals surface area contributed by atoms with Gasteiger partial charge in [-0.15, -0.1) is 0 Å². The average molecular weight is 352 g/mol. The zero-order valence-electron chi connectivity index (χ0n) is 15.4. The maximum absolute atomic E-state index is 12.7. The molecular formula is C20H24N4O2. The number of nitrogens with one attached hydrogen (secondary N) is 1. The van der Waals surface area contributed by atoms with Crippen LogP contribution in [-0.2, 0) is 0 Å². The number of benzene rings is 1. The Balaban J connectivity index is 1.54. The molecule has 2 amide bonds. The number of fused-ring (bicyclic) bond motifs is 2. The van der Waals surface area contributed by atoms with E-state index in [0.717, 1.165) is 47.7 Å². The van der Waals surface area contributed by atoms with Crippen LogP contribution in [0.3, 0.4) is 0 Å². The summed E-state index contributed by atoms with van der Waals surface area (Å²) in [6.45, 7) is 4.29. The summed E-state index contributed by atoms with van der Waals surface area (Å²) in [6, 6.07) is 6.68. The summed E-state index contributed by atoms with van der Waals surface area (Å²) >= 11 is 0. The van der Waals surface area contributed by atoms with Crippen LogP contribution in [-0.4, -0.2) is 40.1 Å². The Morgan fingerprint density at radius 1 is 1.23 bits per heavy atom. The summed E-state index contributed by atoms with van der Waals surface area (Å²) in [5.41, 5.74) is 3.51. The van der Waals surface area contributed by atoms with Crippen LogP contribution >= 0.6 is 0 Å². The fourth-order valence-corrected chi connectivity index (χ4v) is 4.22. The van der Waals surface area contributed by atoms with Crippen molar-refractivity contribution >= 4 is 11.7 Å². The first-order valence-electron chi connectivity index (χ1n) is 9.11. The summed E-state index contributed by atoms with van der Waals surface area (Å²) in [5.74, 6) is 1.19. The number of nitrogens with zero attached hydrogens (tertiary/aromatic N) is 3. The van der Waals surface area contributed by atoms with Gasteiger partial charge in [0, 0.05) is 23.3 Å². The molecule has 26 heavy (non-hydrogen) atoms. The normalized spacial score (nSPS) is 24.0. The molecule has 1 aromatic heterocycles. The van der Waals surface area contributed by atoms with Crippen LogP contribution in [0.2, 0.25) is 0 Å². The highest BCUT2D eigenvalue weighted by molar-refractivity contribution is 5.91. The minimum Gasteiger partial charge on any atom is -0.480 e. The van der Waals surface area contributed by atoms with Crippen LogP contribution in [0.1, 0.15) is 31.7 Å². The number of methoxy groups -OCH3 is 1. The molecule has 2 aliphatic rings. The van der Waals surface area contributed by atoms with Crippen LogP contribution < -0.4 is 10.1 Å². The van der Waals surface area contributed by atoms with E-state index < -0.39 is 0 Å². The summed E-state index contributed by atoms with van der Waals surface area (Å²) in [7, 11) is 1.57. The molecule has 0 aliphatic carbocycles. The summed E-state index contributed by atoms with van der Waals surface area (Å²) in [6.07, 6.45) is 6.66. The highest BCUT2D eigenvalue weighted by Gasteiger charge is 2.46. The minimum atomic E-state index is 0.00433. The Morgan fingerprint density at radius 3 is 2.73 bits per heavy atom.